The van der Waals surface area contributed by atoms with Crippen molar-refractivity contribution < 1.29 is 24.3 Å². The topological polar surface area (TPSA) is 160 Å². The highest BCUT2D eigenvalue weighted by atomic mass is 16.4. The summed E-state index contributed by atoms with van der Waals surface area (Å²) < 4.78 is 2.86. The van der Waals surface area contributed by atoms with Gasteiger partial charge in [-0.25, -0.2) is 9.59 Å². The second kappa shape index (κ2) is 14.0. The molecule has 1 aromatic heterocycles. The number of likely N-dealkylation sites (tertiary alicyclic amines) is 1. The number of carboxylic acids is 1. The number of carbonyl (C=O) groups is 4. The van der Waals surface area contributed by atoms with Crippen molar-refractivity contribution in [1.29, 1.82) is 0 Å². The molecule has 1 aliphatic heterocycles. The van der Waals surface area contributed by atoms with E-state index < -0.39 is 12.0 Å². The van der Waals surface area contributed by atoms with Crippen LogP contribution in [0.3, 0.4) is 0 Å². The summed E-state index contributed by atoms with van der Waals surface area (Å²) in [7, 11) is 3.25. The molecular weight excluding hydrogens is 602 g/mol. The summed E-state index contributed by atoms with van der Waals surface area (Å²) in [5.41, 5.74) is -0.585. The third-order valence-corrected chi connectivity index (χ3v) is 12.7. The Morgan fingerprint density at radius 3 is 2.23 bits per heavy atom. The molecular formula is C35H51N5O7. The van der Waals surface area contributed by atoms with Crippen LogP contribution in [0.1, 0.15) is 95.9 Å². The van der Waals surface area contributed by atoms with E-state index in [0.717, 1.165) is 64.2 Å². The lowest BCUT2D eigenvalue weighted by molar-refractivity contribution is -0.152. The van der Waals surface area contributed by atoms with Gasteiger partial charge in [0.1, 0.15) is 12.1 Å². The molecule has 47 heavy (non-hydrogen) atoms. The minimum Gasteiger partial charge on any atom is -0.480 e. The Labute approximate surface area is 275 Å². The van der Waals surface area contributed by atoms with Crippen molar-refractivity contribution in [3.05, 3.63) is 33.1 Å². The van der Waals surface area contributed by atoms with Crippen LogP contribution in [0.25, 0.3) is 0 Å². The molecule has 258 valence electrons. The summed E-state index contributed by atoms with van der Waals surface area (Å²) in [5.74, 6) is -0.403. The van der Waals surface area contributed by atoms with Crippen LogP contribution >= 0.6 is 0 Å². The van der Waals surface area contributed by atoms with Crippen LogP contribution in [0.15, 0.2) is 21.9 Å². The van der Waals surface area contributed by atoms with E-state index in [1.807, 2.05) is 0 Å². The number of hydrogen-bond acceptors (Lipinski definition) is 6. The quantitative estimate of drug-likeness (QED) is 0.389. The van der Waals surface area contributed by atoms with Gasteiger partial charge in [0.05, 0.1) is 0 Å². The SMILES string of the molecule is CNC(=O)[C@@H]1CCN1C(=O)C1CCC2CC(C(=O)N[C@@H](CC3CCCC4C3CCCC4n3c(=O)ccn(C)c3=O)C(=O)O)CCC2C1. The average molecular weight is 654 g/mol. The van der Waals surface area contributed by atoms with E-state index in [2.05, 4.69) is 10.6 Å². The molecule has 4 aliphatic carbocycles. The number of fused-ring (bicyclic) bond motifs is 2. The molecule has 0 radical (unpaired) electrons. The first kappa shape index (κ1) is 33.5. The number of carbonyl (C=O) groups excluding carboxylic acids is 3. The standard InChI is InChI=1S/C35H51N5O7/c1-36-32(43)29-13-16-39(29)33(44)24-12-10-20-17-23(11-9-21(20)18-24)31(42)37-27(34(45)46)19-22-5-3-7-26-25(22)6-4-8-28(26)40-30(41)14-15-38(2)35(40)47/h14-15,20-29H,3-13,16-19H2,1-2H3,(H,36,43)(H,37,42)(H,45,46)/t20?,21?,22?,23?,24?,25?,26?,27-,28?,29-/m0/s1. The van der Waals surface area contributed by atoms with Crippen LogP contribution in [-0.4, -0.2) is 68.5 Å². The Morgan fingerprint density at radius 1 is 0.872 bits per heavy atom. The molecule has 3 N–H and O–H groups in total. The van der Waals surface area contributed by atoms with E-state index in [4.69, 9.17) is 0 Å². The van der Waals surface area contributed by atoms with E-state index in [1.165, 1.54) is 21.4 Å². The van der Waals surface area contributed by atoms with Crippen LogP contribution in [-0.2, 0) is 26.2 Å². The second-order valence-corrected chi connectivity index (χ2v) is 15.1. The molecule has 0 aromatic carbocycles. The number of nitrogens with zero attached hydrogens (tertiary/aromatic N) is 3. The third kappa shape index (κ3) is 6.66. The number of aromatic nitrogens is 2. The van der Waals surface area contributed by atoms with Crippen LogP contribution in [0, 0.1) is 41.4 Å². The predicted octanol–water partition coefficient (Wildman–Crippen LogP) is 2.44. The van der Waals surface area contributed by atoms with Gasteiger partial charge in [-0.15, -0.1) is 0 Å². The van der Waals surface area contributed by atoms with Gasteiger partial charge >= 0.3 is 11.7 Å². The molecule has 0 bridgehead atoms. The largest absolute Gasteiger partial charge is 0.480 e. The molecule has 2 heterocycles. The molecule has 12 nitrogen and oxygen atoms in total. The van der Waals surface area contributed by atoms with Gasteiger partial charge in [0.15, 0.2) is 0 Å². The summed E-state index contributed by atoms with van der Waals surface area (Å²) in [4.78, 5) is 78.9. The molecule has 10 atom stereocenters. The second-order valence-electron chi connectivity index (χ2n) is 15.1. The molecule has 8 unspecified atom stereocenters. The Kier molecular flexibility index (Phi) is 9.94. The molecule has 5 fully saturated rings. The van der Waals surface area contributed by atoms with Crippen LogP contribution in [0.5, 0.6) is 0 Å². The highest BCUT2D eigenvalue weighted by Gasteiger charge is 2.46. The van der Waals surface area contributed by atoms with E-state index in [-0.39, 0.29) is 70.6 Å². The van der Waals surface area contributed by atoms with E-state index in [9.17, 15) is 33.9 Å². The summed E-state index contributed by atoms with van der Waals surface area (Å²) in [5, 5.41) is 15.8. The van der Waals surface area contributed by atoms with Gasteiger partial charge in [0.2, 0.25) is 17.7 Å². The van der Waals surface area contributed by atoms with Gasteiger partial charge in [0, 0.05) is 50.8 Å². The summed E-state index contributed by atoms with van der Waals surface area (Å²) in [6.45, 7) is 0.629. The summed E-state index contributed by atoms with van der Waals surface area (Å²) >= 11 is 0. The Hall–Kier alpha value is -3.44. The van der Waals surface area contributed by atoms with Crippen molar-refractivity contribution >= 4 is 23.7 Å². The minimum absolute atomic E-state index is 0.0762. The Balaban J connectivity index is 1.05. The third-order valence-electron chi connectivity index (χ3n) is 12.7. The molecule has 12 heteroatoms. The summed E-state index contributed by atoms with van der Waals surface area (Å²) in [6.07, 6.45) is 12.5. The normalized spacial score (nSPS) is 34.2. The molecule has 1 saturated heterocycles. The van der Waals surface area contributed by atoms with E-state index in [1.54, 1.807) is 19.0 Å². The molecule has 4 saturated carbocycles. The monoisotopic (exact) mass is 653 g/mol. The number of rotatable bonds is 8. The number of hydrogen-bond donors (Lipinski definition) is 3. The van der Waals surface area contributed by atoms with Gasteiger partial charge in [-0.3, -0.25) is 23.7 Å². The van der Waals surface area contributed by atoms with Gasteiger partial charge < -0.3 is 25.2 Å². The van der Waals surface area contributed by atoms with Crippen LogP contribution in [0.4, 0.5) is 0 Å². The van der Waals surface area contributed by atoms with Gasteiger partial charge in [-0.2, -0.15) is 0 Å². The maximum atomic E-state index is 13.5. The van der Waals surface area contributed by atoms with Gasteiger partial charge in [0.25, 0.3) is 5.56 Å². The average Bonchev–Trinajstić information content (AvgIpc) is 3.05. The molecule has 6 rings (SSSR count). The molecule has 1 aromatic rings. The Bertz CT molecular complexity index is 1490. The maximum Gasteiger partial charge on any atom is 0.330 e. The number of likely N-dealkylation sites (N-methyl/N-ethyl adjacent to an activating group) is 1. The van der Waals surface area contributed by atoms with Crippen molar-refractivity contribution in [3.63, 3.8) is 0 Å². The number of amides is 3. The predicted molar refractivity (Wildman–Crippen MR) is 173 cm³/mol. The van der Waals surface area contributed by atoms with E-state index >= 15 is 0 Å². The smallest absolute Gasteiger partial charge is 0.330 e. The molecule has 0 spiro atoms. The number of aliphatic carboxylic acids is 1. The minimum atomic E-state index is -1.02. The maximum absolute atomic E-state index is 13.5. The van der Waals surface area contributed by atoms with Crippen LogP contribution < -0.4 is 21.9 Å². The highest BCUT2D eigenvalue weighted by Crippen LogP contribution is 2.50. The lowest BCUT2D eigenvalue weighted by atomic mass is 9.62. The first-order valence-electron chi connectivity index (χ1n) is 17.9. The van der Waals surface area contributed by atoms with E-state index in [0.29, 0.717) is 44.1 Å². The lowest BCUT2D eigenvalue weighted by Gasteiger charge is -2.46. The zero-order valence-corrected chi connectivity index (χ0v) is 27.8. The molecule has 3 amide bonds. The fraction of sp³-hybridized carbons (Fsp3) is 0.771. The fourth-order valence-corrected chi connectivity index (χ4v) is 10.1. The van der Waals surface area contributed by atoms with Crippen molar-refractivity contribution in [3.8, 4) is 0 Å². The van der Waals surface area contributed by atoms with Gasteiger partial charge in [-0.1, -0.05) is 19.3 Å². The van der Waals surface area contributed by atoms with Crippen molar-refractivity contribution in [1.82, 2.24) is 24.7 Å². The fourth-order valence-electron chi connectivity index (χ4n) is 10.1. The van der Waals surface area contributed by atoms with Crippen LogP contribution in [0.2, 0.25) is 0 Å². The first-order chi connectivity index (χ1) is 22.6. The number of nitrogens with one attached hydrogen (secondary N) is 2. The molecule has 5 aliphatic rings. The zero-order valence-electron chi connectivity index (χ0n) is 27.8. The highest BCUT2D eigenvalue weighted by molar-refractivity contribution is 5.90. The first-order valence-corrected chi connectivity index (χ1v) is 17.9. The van der Waals surface area contributed by atoms with Crippen molar-refractivity contribution in [2.24, 2.45) is 48.5 Å². The van der Waals surface area contributed by atoms with Crippen molar-refractivity contribution in [2.75, 3.05) is 13.6 Å². The van der Waals surface area contributed by atoms with Gasteiger partial charge in [-0.05, 0) is 100 Å². The number of aryl methyl sites for hydroxylation is 1. The van der Waals surface area contributed by atoms with Crippen molar-refractivity contribution in [2.45, 2.75) is 108 Å². The zero-order chi connectivity index (χ0) is 33.4. The lowest BCUT2D eigenvalue weighted by Crippen LogP contribution is -2.59. The summed E-state index contributed by atoms with van der Waals surface area (Å²) in [6, 6.07) is -0.0780. The Morgan fingerprint density at radius 2 is 1.55 bits per heavy atom. The number of carboxylic acid groups (broad SMARTS) is 1.